The van der Waals surface area contributed by atoms with E-state index in [-0.39, 0.29) is 12.2 Å². The number of fused-ring (bicyclic) bond motifs is 1. The van der Waals surface area contributed by atoms with Crippen molar-refractivity contribution in [1.82, 2.24) is 0 Å². The Bertz CT molecular complexity index is 2470. The molecule has 0 saturated heterocycles. The first-order valence-corrected chi connectivity index (χ1v) is 21.7. The first-order chi connectivity index (χ1) is 31.4. The number of hydrogen-bond acceptors (Lipinski definition) is 15. The molecule has 0 amide bonds. The molecule has 0 aliphatic carbocycles. The molecule has 1 unspecified atom stereocenters. The van der Waals surface area contributed by atoms with Gasteiger partial charge in [0.05, 0.1) is 60.9 Å². The molecule has 0 fully saturated rings. The van der Waals surface area contributed by atoms with E-state index in [1.165, 1.54) is 68.1 Å². The van der Waals surface area contributed by atoms with Crippen LogP contribution in [0.4, 0.5) is 0 Å². The predicted octanol–water partition coefficient (Wildman–Crippen LogP) is 9.02. The third-order valence-electron chi connectivity index (χ3n) is 10.9. The second-order valence-electron chi connectivity index (χ2n) is 14.9. The van der Waals surface area contributed by atoms with E-state index in [4.69, 9.17) is 52.1 Å². The highest BCUT2D eigenvalue weighted by Crippen LogP contribution is 2.56. The topological polar surface area (TPSA) is 153 Å². The van der Waals surface area contributed by atoms with Gasteiger partial charge in [-0.1, -0.05) is 48.5 Å². The van der Waals surface area contributed by atoms with Gasteiger partial charge in [-0.25, -0.2) is 0 Å². The summed E-state index contributed by atoms with van der Waals surface area (Å²) in [6, 6.07) is 27.6. The second-order valence-corrected chi connectivity index (χ2v) is 16.0. The summed E-state index contributed by atoms with van der Waals surface area (Å²) in [7, 11) is 10.7. The minimum atomic E-state index is -1.11. The molecule has 6 rings (SSSR count). The van der Waals surface area contributed by atoms with Crippen LogP contribution >= 0.6 is 11.8 Å². The highest BCUT2D eigenvalue weighted by Gasteiger charge is 2.45. The molecule has 1 aliphatic rings. The molecule has 0 spiro atoms. The lowest BCUT2D eigenvalue weighted by Crippen LogP contribution is -2.36. The molecule has 0 aromatic heterocycles. The molecule has 15 heteroatoms. The summed E-state index contributed by atoms with van der Waals surface area (Å²) in [5, 5.41) is -0.669. The Morgan fingerprint density at radius 3 is 1.88 bits per heavy atom. The highest BCUT2D eigenvalue weighted by atomic mass is 32.2. The maximum Gasteiger partial charge on any atom is 0.308 e. The van der Waals surface area contributed by atoms with Gasteiger partial charge in [0, 0.05) is 67.3 Å². The van der Waals surface area contributed by atoms with E-state index in [1.807, 2.05) is 42.5 Å². The van der Waals surface area contributed by atoms with Gasteiger partial charge in [-0.3, -0.25) is 14.4 Å². The van der Waals surface area contributed by atoms with Gasteiger partial charge < -0.3 is 52.1 Å². The average Bonchev–Trinajstić information content (AvgIpc) is 3.31. The number of benzene rings is 5. The zero-order valence-corrected chi connectivity index (χ0v) is 38.9. The van der Waals surface area contributed by atoms with Crippen LogP contribution in [0.3, 0.4) is 0 Å². The minimum absolute atomic E-state index is 0.125. The number of hydrogen-bond donors (Lipinski definition) is 0. The van der Waals surface area contributed by atoms with Gasteiger partial charge in [0.25, 0.3) is 0 Å². The molecular formula is C50H54O14S. The van der Waals surface area contributed by atoms with Gasteiger partial charge in [-0.2, -0.15) is 0 Å². The van der Waals surface area contributed by atoms with E-state index in [2.05, 4.69) is 0 Å². The van der Waals surface area contributed by atoms with Crippen LogP contribution in [0.15, 0.2) is 91.0 Å². The Morgan fingerprint density at radius 2 is 1.28 bits per heavy atom. The van der Waals surface area contributed by atoms with Crippen molar-refractivity contribution in [2.45, 2.75) is 62.4 Å². The largest absolute Gasteiger partial charge is 0.497 e. The van der Waals surface area contributed by atoms with Crippen molar-refractivity contribution in [3.8, 4) is 51.7 Å². The zero-order valence-electron chi connectivity index (χ0n) is 38.1. The zero-order chi connectivity index (χ0) is 46.8. The predicted molar refractivity (Wildman–Crippen MR) is 243 cm³/mol. The first-order valence-electron chi connectivity index (χ1n) is 20.6. The fourth-order valence-electron chi connectivity index (χ4n) is 8.09. The maximum absolute atomic E-state index is 13.7. The molecule has 0 radical (unpaired) electrons. The van der Waals surface area contributed by atoms with Crippen molar-refractivity contribution >= 4 is 29.7 Å². The average molecular weight is 911 g/mol. The van der Waals surface area contributed by atoms with Crippen LogP contribution in [0.1, 0.15) is 71.4 Å². The lowest BCUT2D eigenvalue weighted by atomic mass is 9.79. The van der Waals surface area contributed by atoms with E-state index in [0.29, 0.717) is 74.0 Å². The van der Waals surface area contributed by atoms with E-state index in [0.717, 1.165) is 11.1 Å². The Labute approximate surface area is 383 Å². The van der Waals surface area contributed by atoms with Gasteiger partial charge in [-0.05, 0) is 41.5 Å². The van der Waals surface area contributed by atoms with E-state index < -0.39 is 47.4 Å². The SMILES string of the molecule is COc1ccc([C@H](c2c(OC)cc(OC)c3c2O[C@H](c2ccc(OC)c(OC)c2)[C@@H](OC(C)=O)C3)[C@@H](OC(C)=O)C(SCc2ccccc2)c2ccc(OC)c(OC)c2)c(OC(C)=O)c1. The number of rotatable bonds is 19. The van der Waals surface area contributed by atoms with Crippen molar-refractivity contribution in [2.24, 2.45) is 0 Å². The number of methoxy groups -OCH3 is 7. The number of carbonyl (C=O) groups is 3. The van der Waals surface area contributed by atoms with Crippen LogP contribution in [0.2, 0.25) is 0 Å². The minimum Gasteiger partial charge on any atom is -0.497 e. The summed E-state index contributed by atoms with van der Waals surface area (Å²) in [5.74, 6) is 1.12. The molecule has 0 N–H and O–H groups in total. The fraction of sp³-hybridized carbons (Fsp3) is 0.340. The Hall–Kier alpha value is -6.74. The summed E-state index contributed by atoms with van der Waals surface area (Å²) in [4.78, 5) is 39.5. The van der Waals surface area contributed by atoms with Crippen molar-refractivity contribution in [3.63, 3.8) is 0 Å². The quantitative estimate of drug-likeness (QED) is 0.0572. The number of carbonyl (C=O) groups excluding carboxylic acids is 3. The summed E-state index contributed by atoms with van der Waals surface area (Å²) < 4.78 is 66.4. The highest BCUT2D eigenvalue weighted by molar-refractivity contribution is 7.98. The normalized spacial score (nSPS) is 15.4. The number of ether oxygens (including phenoxy) is 11. The number of thioether (sulfide) groups is 1. The lowest BCUT2D eigenvalue weighted by molar-refractivity contribution is -0.152. The third kappa shape index (κ3) is 10.8. The van der Waals surface area contributed by atoms with Crippen LogP contribution in [-0.2, 0) is 36.0 Å². The molecule has 1 aliphatic heterocycles. The van der Waals surface area contributed by atoms with Gasteiger partial charge in [-0.15, -0.1) is 11.8 Å². The van der Waals surface area contributed by atoms with Crippen LogP contribution in [0.5, 0.6) is 51.7 Å². The molecular weight excluding hydrogens is 857 g/mol. The van der Waals surface area contributed by atoms with Crippen molar-refractivity contribution in [2.75, 3.05) is 49.8 Å². The summed E-state index contributed by atoms with van der Waals surface area (Å²) >= 11 is 1.53. The Balaban J connectivity index is 1.72. The van der Waals surface area contributed by atoms with E-state index in [1.54, 1.807) is 62.8 Å². The van der Waals surface area contributed by atoms with Crippen LogP contribution in [0.25, 0.3) is 0 Å². The summed E-state index contributed by atoms with van der Waals surface area (Å²) in [6.45, 7) is 3.97. The summed E-state index contributed by atoms with van der Waals surface area (Å²) in [6.07, 6.45) is -2.76. The molecule has 5 aromatic rings. The van der Waals surface area contributed by atoms with Crippen molar-refractivity contribution in [3.05, 3.63) is 124 Å². The van der Waals surface area contributed by atoms with Crippen molar-refractivity contribution in [1.29, 1.82) is 0 Å². The molecule has 1 heterocycles. The van der Waals surface area contributed by atoms with E-state index in [9.17, 15) is 14.4 Å². The van der Waals surface area contributed by atoms with Gasteiger partial charge in [0.1, 0.15) is 41.0 Å². The van der Waals surface area contributed by atoms with Gasteiger partial charge in [0.15, 0.2) is 29.1 Å². The number of esters is 3. The van der Waals surface area contributed by atoms with Crippen molar-refractivity contribution < 1.29 is 66.5 Å². The van der Waals surface area contributed by atoms with Crippen LogP contribution in [-0.4, -0.2) is 79.9 Å². The van der Waals surface area contributed by atoms with Gasteiger partial charge >= 0.3 is 17.9 Å². The molecule has 65 heavy (non-hydrogen) atoms. The first kappa shape index (κ1) is 47.7. The van der Waals surface area contributed by atoms with Crippen LogP contribution in [0, 0.1) is 0 Å². The fourth-order valence-corrected chi connectivity index (χ4v) is 9.40. The maximum atomic E-state index is 13.7. The second kappa shape index (κ2) is 21.8. The molecule has 344 valence electrons. The van der Waals surface area contributed by atoms with Gasteiger partial charge in [0.2, 0.25) is 0 Å². The van der Waals surface area contributed by atoms with Crippen LogP contribution < -0.4 is 42.6 Å². The standard InChI is InChI=1S/C50H54O14S/c1-28(51)61-40-24-34(54-4)18-19-35(40)45(49(63-30(3)53)50(65-27-31-14-12-11-13-15-31)33-17-21-38(56-6)42(23-33)59-9)46-43(60-10)26-39(57-7)36-25-44(62-29(2)52)47(64-48(36)46)32-16-20-37(55-5)41(22-32)58-8/h11-24,26,44-45,47,49-50H,25,27H2,1-10H3/t44-,45+,47+,49+,50?/m0/s1. The van der Waals surface area contributed by atoms with E-state index >= 15 is 0 Å². The molecule has 0 saturated carbocycles. The molecule has 14 nitrogen and oxygen atoms in total. The Kier molecular flexibility index (Phi) is 16.0. The third-order valence-corrected chi connectivity index (χ3v) is 12.3. The molecule has 5 aromatic carbocycles. The molecule has 0 bridgehead atoms. The Morgan fingerprint density at radius 1 is 0.631 bits per heavy atom. The summed E-state index contributed by atoms with van der Waals surface area (Å²) in [5.41, 5.74) is 3.74. The monoisotopic (exact) mass is 910 g/mol. The smallest absolute Gasteiger partial charge is 0.308 e. The molecule has 5 atom stereocenters. The lowest BCUT2D eigenvalue weighted by Gasteiger charge is -2.39.